The highest BCUT2D eigenvalue weighted by Crippen LogP contribution is 2.44. The van der Waals surface area contributed by atoms with Crippen LogP contribution in [0.4, 0.5) is 14.5 Å². The first-order chi connectivity index (χ1) is 10.0. The number of hydrogen-bond acceptors (Lipinski definition) is 2. The molecule has 0 heterocycles. The summed E-state index contributed by atoms with van der Waals surface area (Å²) in [6.07, 6.45) is 6.92. The molecule has 3 atom stereocenters. The molecular weight excluding hydrogens is 364 g/mol. The standard InChI is InChI=1S/C15H15BrClF2NO/c16-12-5-11(17)6-13(14(12)21-15(18)19)20-7-10-4-8-1-2-9(10)3-8/h1-2,5-6,8-10,15,20H,3-4,7H2. The molecular formula is C15H15BrClF2NO. The molecule has 1 fully saturated rings. The summed E-state index contributed by atoms with van der Waals surface area (Å²) in [6, 6.07) is 3.16. The molecule has 0 spiro atoms. The van der Waals surface area contributed by atoms with Gasteiger partial charge in [-0.1, -0.05) is 23.8 Å². The van der Waals surface area contributed by atoms with Crippen molar-refractivity contribution in [3.8, 4) is 5.75 Å². The summed E-state index contributed by atoms with van der Waals surface area (Å²) < 4.78 is 30.1. The molecule has 2 aliphatic rings. The van der Waals surface area contributed by atoms with Crippen LogP contribution in [0.2, 0.25) is 5.02 Å². The van der Waals surface area contributed by atoms with Crippen molar-refractivity contribution >= 4 is 33.2 Å². The number of halogens is 4. The second kappa shape index (κ2) is 6.13. The predicted octanol–water partition coefficient (Wildman–Crippen LogP) is 5.33. The lowest BCUT2D eigenvalue weighted by Crippen LogP contribution is -2.19. The van der Waals surface area contributed by atoms with E-state index in [-0.39, 0.29) is 5.75 Å². The van der Waals surface area contributed by atoms with Crippen LogP contribution in [0.5, 0.6) is 5.75 Å². The van der Waals surface area contributed by atoms with E-state index in [1.807, 2.05) is 0 Å². The number of rotatable bonds is 5. The predicted molar refractivity (Wildman–Crippen MR) is 83.1 cm³/mol. The summed E-state index contributed by atoms with van der Waals surface area (Å²) in [5.41, 5.74) is 0.501. The summed E-state index contributed by atoms with van der Waals surface area (Å²) >= 11 is 9.21. The molecule has 3 unspecified atom stereocenters. The number of ether oxygens (including phenoxy) is 1. The molecule has 0 aromatic heterocycles. The topological polar surface area (TPSA) is 21.3 Å². The molecule has 0 saturated heterocycles. The maximum absolute atomic E-state index is 12.5. The Morgan fingerprint density at radius 1 is 1.33 bits per heavy atom. The Balaban J connectivity index is 1.73. The van der Waals surface area contributed by atoms with Gasteiger partial charge in [-0.3, -0.25) is 0 Å². The first kappa shape index (κ1) is 15.1. The van der Waals surface area contributed by atoms with Crippen LogP contribution < -0.4 is 10.1 Å². The van der Waals surface area contributed by atoms with Crippen molar-refractivity contribution in [1.29, 1.82) is 0 Å². The highest BCUT2D eigenvalue weighted by molar-refractivity contribution is 9.10. The minimum absolute atomic E-state index is 0.105. The summed E-state index contributed by atoms with van der Waals surface area (Å²) in [7, 11) is 0. The second-order valence-electron chi connectivity index (χ2n) is 5.56. The normalized spacial score (nSPS) is 26.6. The van der Waals surface area contributed by atoms with Gasteiger partial charge in [0.1, 0.15) is 0 Å². The van der Waals surface area contributed by atoms with E-state index in [1.165, 1.54) is 6.42 Å². The molecule has 21 heavy (non-hydrogen) atoms. The SMILES string of the molecule is FC(F)Oc1c(Br)cc(Cl)cc1NCC1CC2C=CC1C2. The molecule has 2 nitrogen and oxygen atoms in total. The van der Waals surface area contributed by atoms with E-state index in [1.54, 1.807) is 12.1 Å². The van der Waals surface area contributed by atoms with Gasteiger partial charge in [-0.25, -0.2) is 0 Å². The lowest BCUT2D eigenvalue weighted by molar-refractivity contribution is -0.0498. The smallest absolute Gasteiger partial charge is 0.387 e. The number of anilines is 1. The maximum Gasteiger partial charge on any atom is 0.387 e. The van der Waals surface area contributed by atoms with Gasteiger partial charge >= 0.3 is 6.61 Å². The van der Waals surface area contributed by atoms with Crippen LogP contribution >= 0.6 is 27.5 Å². The fourth-order valence-corrected chi connectivity index (χ4v) is 4.17. The Hall–Kier alpha value is -0.810. The average Bonchev–Trinajstić information content (AvgIpc) is 3.01. The van der Waals surface area contributed by atoms with Crippen LogP contribution in [-0.2, 0) is 0 Å². The van der Waals surface area contributed by atoms with Crippen molar-refractivity contribution in [2.45, 2.75) is 19.5 Å². The quantitative estimate of drug-likeness (QED) is 0.699. The molecule has 1 aromatic carbocycles. The monoisotopic (exact) mass is 377 g/mol. The zero-order chi connectivity index (χ0) is 15.0. The Kier molecular flexibility index (Phi) is 4.41. The van der Waals surface area contributed by atoms with Gasteiger partial charge in [0.25, 0.3) is 0 Å². The van der Waals surface area contributed by atoms with Crippen molar-refractivity contribution in [3.05, 3.63) is 33.8 Å². The number of fused-ring (bicyclic) bond motifs is 2. The Bertz CT molecular complexity index is 567. The van der Waals surface area contributed by atoms with Gasteiger partial charge in [-0.05, 0) is 58.7 Å². The van der Waals surface area contributed by atoms with E-state index in [0.717, 1.165) is 13.0 Å². The van der Waals surface area contributed by atoms with Crippen LogP contribution in [0.3, 0.4) is 0 Å². The Labute approximate surface area is 135 Å². The Morgan fingerprint density at radius 2 is 2.14 bits per heavy atom. The van der Waals surface area contributed by atoms with Crippen LogP contribution in [0, 0.1) is 17.8 Å². The summed E-state index contributed by atoms with van der Waals surface area (Å²) in [4.78, 5) is 0. The molecule has 3 rings (SSSR count). The third kappa shape index (κ3) is 3.34. The van der Waals surface area contributed by atoms with Crippen molar-refractivity contribution in [2.75, 3.05) is 11.9 Å². The van der Waals surface area contributed by atoms with Crippen LogP contribution in [0.25, 0.3) is 0 Å². The van der Waals surface area contributed by atoms with Crippen molar-refractivity contribution in [3.63, 3.8) is 0 Å². The fourth-order valence-electron chi connectivity index (χ4n) is 3.27. The molecule has 1 N–H and O–H groups in total. The number of hydrogen-bond donors (Lipinski definition) is 1. The van der Waals surface area contributed by atoms with Crippen molar-refractivity contribution < 1.29 is 13.5 Å². The van der Waals surface area contributed by atoms with E-state index in [2.05, 4.69) is 38.1 Å². The number of alkyl halides is 2. The van der Waals surface area contributed by atoms with Gasteiger partial charge in [0.2, 0.25) is 0 Å². The first-order valence-corrected chi connectivity index (χ1v) is 8.06. The summed E-state index contributed by atoms with van der Waals surface area (Å²) in [6.45, 7) is -2.13. The Morgan fingerprint density at radius 3 is 2.76 bits per heavy atom. The third-order valence-corrected chi connectivity index (χ3v) is 4.99. The third-order valence-electron chi connectivity index (χ3n) is 4.19. The first-order valence-electron chi connectivity index (χ1n) is 6.89. The largest absolute Gasteiger partial charge is 0.431 e. The molecule has 1 aromatic rings. The summed E-state index contributed by atoms with van der Waals surface area (Å²) in [5.74, 6) is 1.93. The molecule has 2 aliphatic carbocycles. The van der Waals surface area contributed by atoms with Gasteiger partial charge < -0.3 is 10.1 Å². The highest BCUT2D eigenvalue weighted by Gasteiger charge is 2.35. The van der Waals surface area contributed by atoms with Crippen LogP contribution in [-0.4, -0.2) is 13.2 Å². The van der Waals surface area contributed by atoms with Gasteiger partial charge in [-0.15, -0.1) is 0 Å². The fraction of sp³-hybridized carbons (Fsp3) is 0.467. The van der Waals surface area contributed by atoms with Gasteiger partial charge in [-0.2, -0.15) is 8.78 Å². The van der Waals surface area contributed by atoms with Crippen molar-refractivity contribution in [1.82, 2.24) is 0 Å². The lowest BCUT2D eigenvalue weighted by atomic mass is 9.93. The number of allylic oxidation sites excluding steroid dienone is 2. The zero-order valence-electron chi connectivity index (χ0n) is 11.2. The van der Waals surface area contributed by atoms with E-state index >= 15 is 0 Å². The molecule has 114 valence electrons. The van der Waals surface area contributed by atoms with Gasteiger partial charge in [0, 0.05) is 11.6 Å². The van der Waals surface area contributed by atoms with Crippen molar-refractivity contribution in [2.24, 2.45) is 17.8 Å². The van der Waals surface area contributed by atoms with E-state index < -0.39 is 6.61 Å². The minimum Gasteiger partial charge on any atom is -0.431 e. The van der Waals surface area contributed by atoms with Crippen LogP contribution in [0.1, 0.15) is 12.8 Å². The average molecular weight is 379 g/mol. The number of nitrogens with one attached hydrogen (secondary N) is 1. The molecule has 0 amide bonds. The molecule has 6 heteroatoms. The number of benzene rings is 1. The molecule has 2 bridgehead atoms. The van der Waals surface area contributed by atoms with Gasteiger partial charge in [0.05, 0.1) is 10.2 Å². The van der Waals surface area contributed by atoms with Crippen LogP contribution in [0.15, 0.2) is 28.8 Å². The van der Waals surface area contributed by atoms with Gasteiger partial charge in [0.15, 0.2) is 5.75 Å². The van der Waals surface area contributed by atoms with E-state index in [9.17, 15) is 8.78 Å². The van der Waals surface area contributed by atoms with E-state index in [0.29, 0.717) is 32.9 Å². The zero-order valence-corrected chi connectivity index (χ0v) is 13.5. The van der Waals surface area contributed by atoms with E-state index in [4.69, 9.17) is 11.6 Å². The maximum atomic E-state index is 12.5. The molecule has 0 aliphatic heterocycles. The minimum atomic E-state index is -2.87. The molecule has 1 saturated carbocycles. The molecule has 0 radical (unpaired) electrons. The second-order valence-corrected chi connectivity index (χ2v) is 6.85. The highest BCUT2D eigenvalue weighted by atomic mass is 79.9. The summed E-state index contributed by atoms with van der Waals surface area (Å²) in [5, 5.41) is 3.69. The lowest BCUT2D eigenvalue weighted by Gasteiger charge is -2.21.